The van der Waals surface area contributed by atoms with Gasteiger partial charge in [-0.25, -0.2) is 4.98 Å². The van der Waals surface area contributed by atoms with E-state index in [2.05, 4.69) is 61.8 Å². The first-order chi connectivity index (χ1) is 13.2. The second-order valence-corrected chi connectivity index (χ2v) is 8.56. The maximum absolute atomic E-state index is 6.17. The number of fused-ring (bicyclic) bond motifs is 2. The molecule has 0 aliphatic carbocycles. The molecule has 0 unspecified atom stereocenters. The Kier molecular flexibility index (Phi) is 4.14. The zero-order valence-electron chi connectivity index (χ0n) is 17.6. The number of hydrogen-bond donors (Lipinski definition) is 0. The SMILES string of the molecule is Cc1ccc2c(n1)N(c1c(C)cc(C(C)(C)C)cc1C)c1cnnc(C)c1O2. The molecule has 1 aromatic carbocycles. The zero-order chi connectivity index (χ0) is 20.2. The Hall–Kier alpha value is -2.95. The molecule has 0 saturated heterocycles. The van der Waals surface area contributed by atoms with Crippen LogP contribution in [0.2, 0.25) is 0 Å². The second-order valence-electron chi connectivity index (χ2n) is 8.56. The Bertz CT molecular complexity index is 1060. The number of ether oxygens (including phenoxy) is 1. The summed E-state index contributed by atoms with van der Waals surface area (Å²) in [4.78, 5) is 6.97. The van der Waals surface area contributed by atoms with Crippen molar-refractivity contribution in [3.63, 3.8) is 0 Å². The minimum atomic E-state index is 0.0891. The summed E-state index contributed by atoms with van der Waals surface area (Å²) in [5.41, 5.74) is 7.49. The van der Waals surface area contributed by atoms with E-state index >= 15 is 0 Å². The van der Waals surface area contributed by atoms with Crippen molar-refractivity contribution in [3.8, 4) is 11.5 Å². The Labute approximate surface area is 166 Å². The van der Waals surface area contributed by atoms with Gasteiger partial charge < -0.3 is 4.74 Å². The number of aromatic nitrogens is 3. The van der Waals surface area contributed by atoms with E-state index in [-0.39, 0.29) is 5.41 Å². The molecule has 144 valence electrons. The second kappa shape index (κ2) is 6.30. The van der Waals surface area contributed by atoms with Crippen molar-refractivity contribution in [1.82, 2.24) is 15.2 Å². The fraction of sp³-hybridized carbons (Fsp3) is 0.348. The summed E-state index contributed by atoms with van der Waals surface area (Å²) in [6.07, 6.45) is 1.76. The number of nitrogens with zero attached hydrogens (tertiary/aromatic N) is 4. The normalized spacial score (nSPS) is 13.0. The summed E-state index contributed by atoms with van der Waals surface area (Å²) in [5.74, 6) is 2.24. The van der Waals surface area contributed by atoms with Crippen molar-refractivity contribution in [1.29, 1.82) is 0 Å². The lowest BCUT2D eigenvalue weighted by atomic mass is 9.84. The highest BCUT2D eigenvalue weighted by Gasteiger charge is 2.31. The van der Waals surface area contributed by atoms with Crippen molar-refractivity contribution in [2.45, 2.75) is 53.9 Å². The Morgan fingerprint density at radius 3 is 2.29 bits per heavy atom. The first-order valence-corrected chi connectivity index (χ1v) is 9.56. The van der Waals surface area contributed by atoms with Gasteiger partial charge in [-0.15, -0.1) is 0 Å². The van der Waals surface area contributed by atoms with Crippen LogP contribution in [0.1, 0.15) is 48.8 Å². The van der Waals surface area contributed by atoms with Gasteiger partial charge in [0.1, 0.15) is 11.4 Å². The lowest BCUT2D eigenvalue weighted by molar-refractivity contribution is 0.464. The van der Waals surface area contributed by atoms with Crippen LogP contribution in [0.25, 0.3) is 0 Å². The van der Waals surface area contributed by atoms with Gasteiger partial charge in [0.2, 0.25) is 0 Å². The number of pyridine rings is 1. The lowest BCUT2D eigenvalue weighted by Crippen LogP contribution is -2.21. The fourth-order valence-electron chi connectivity index (χ4n) is 3.71. The smallest absolute Gasteiger partial charge is 0.181 e. The molecule has 2 aromatic heterocycles. The van der Waals surface area contributed by atoms with Gasteiger partial charge >= 0.3 is 0 Å². The predicted molar refractivity (Wildman–Crippen MR) is 112 cm³/mol. The van der Waals surface area contributed by atoms with Crippen LogP contribution in [0.4, 0.5) is 17.2 Å². The minimum Gasteiger partial charge on any atom is -0.449 e. The average Bonchev–Trinajstić information content (AvgIpc) is 2.60. The van der Waals surface area contributed by atoms with Crippen molar-refractivity contribution < 1.29 is 4.74 Å². The molecule has 3 aromatic rings. The summed E-state index contributed by atoms with van der Waals surface area (Å²) in [7, 11) is 0. The van der Waals surface area contributed by atoms with Crippen LogP contribution in [0, 0.1) is 27.7 Å². The molecule has 0 saturated carbocycles. The standard InChI is InChI=1S/C23H26N4O/c1-13-10-17(23(5,6)7)11-14(2)20(13)27-18-12-24-26-16(4)21(18)28-19-9-8-15(3)25-22(19)27/h8-12H,1-7H3. The maximum atomic E-state index is 6.17. The van der Waals surface area contributed by atoms with Gasteiger partial charge in [0.15, 0.2) is 17.3 Å². The lowest BCUT2D eigenvalue weighted by Gasteiger charge is -2.34. The van der Waals surface area contributed by atoms with Crippen molar-refractivity contribution >= 4 is 17.2 Å². The van der Waals surface area contributed by atoms with Gasteiger partial charge in [0.25, 0.3) is 0 Å². The summed E-state index contributed by atoms with van der Waals surface area (Å²) >= 11 is 0. The molecule has 5 nitrogen and oxygen atoms in total. The molecule has 1 aliphatic rings. The van der Waals surface area contributed by atoms with E-state index in [1.807, 2.05) is 26.0 Å². The van der Waals surface area contributed by atoms with Gasteiger partial charge in [-0.05, 0) is 61.9 Å². The average molecular weight is 374 g/mol. The van der Waals surface area contributed by atoms with Crippen LogP contribution in [-0.4, -0.2) is 15.2 Å². The number of benzene rings is 1. The molecular formula is C23H26N4O. The van der Waals surface area contributed by atoms with Gasteiger partial charge in [-0.2, -0.15) is 10.2 Å². The van der Waals surface area contributed by atoms with E-state index in [0.717, 1.165) is 40.1 Å². The molecule has 0 N–H and O–H groups in total. The third kappa shape index (κ3) is 2.91. The number of anilines is 3. The van der Waals surface area contributed by atoms with E-state index in [1.54, 1.807) is 6.20 Å². The molecule has 4 rings (SSSR count). The molecule has 0 amide bonds. The first-order valence-electron chi connectivity index (χ1n) is 9.56. The number of rotatable bonds is 1. The highest BCUT2D eigenvalue weighted by Crippen LogP contribution is 2.51. The van der Waals surface area contributed by atoms with Crippen molar-refractivity contribution in [2.75, 3.05) is 4.90 Å². The molecule has 0 atom stereocenters. The highest BCUT2D eigenvalue weighted by molar-refractivity contribution is 5.86. The molecule has 0 bridgehead atoms. The molecule has 0 radical (unpaired) electrons. The van der Waals surface area contributed by atoms with Crippen LogP contribution in [0.3, 0.4) is 0 Å². The van der Waals surface area contributed by atoms with E-state index in [4.69, 9.17) is 9.72 Å². The van der Waals surface area contributed by atoms with E-state index < -0.39 is 0 Å². The van der Waals surface area contributed by atoms with Crippen LogP contribution < -0.4 is 9.64 Å². The monoisotopic (exact) mass is 374 g/mol. The van der Waals surface area contributed by atoms with E-state index in [1.165, 1.54) is 16.7 Å². The van der Waals surface area contributed by atoms with Crippen molar-refractivity contribution in [3.05, 3.63) is 58.5 Å². The van der Waals surface area contributed by atoms with E-state index in [9.17, 15) is 0 Å². The summed E-state index contributed by atoms with van der Waals surface area (Å²) in [6, 6.07) is 8.48. The van der Waals surface area contributed by atoms with E-state index in [0.29, 0.717) is 0 Å². The molecule has 0 fully saturated rings. The van der Waals surface area contributed by atoms with Gasteiger partial charge in [0, 0.05) is 5.69 Å². The maximum Gasteiger partial charge on any atom is 0.181 e. The first kappa shape index (κ1) is 18.4. The van der Waals surface area contributed by atoms with Crippen LogP contribution >= 0.6 is 0 Å². The molecular weight excluding hydrogens is 348 g/mol. The summed E-state index contributed by atoms with van der Waals surface area (Å²) < 4.78 is 6.17. The Balaban J connectivity index is 2.01. The Morgan fingerprint density at radius 2 is 1.64 bits per heavy atom. The molecule has 0 spiro atoms. The molecule has 5 heteroatoms. The van der Waals surface area contributed by atoms with Crippen LogP contribution in [0.5, 0.6) is 11.5 Å². The highest BCUT2D eigenvalue weighted by atomic mass is 16.5. The van der Waals surface area contributed by atoms with Gasteiger partial charge in [-0.1, -0.05) is 32.9 Å². The summed E-state index contributed by atoms with van der Waals surface area (Å²) in [5, 5.41) is 8.37. The van der Waals surface area contributed by atoms with Crippen LogP contribution in [0.15, 0.2) is 30.5 Å². The minimum absolute atomic E-state index is 0.0891. The molecule has 28 heavy (non-hydrogen) atoms. The molecule has 3 heterocycles. The van der Waals surface area contributed by atoms with Crippen LogP contribution in [-0.2, 0) is 5.41 Å². The number of hydrogen-bond acceptors (Lipinski definition) is 5. The largest absolute Gasteiger partial charge is 0.449 e. The quantitative estimate of drug-likeness (QED) is 0.410. The number of aryl methyl sites for hydroxylation is 4. The zero-order valence-corrected chi connectivity index (χ0v) is 17.6. The fourth-order valence-corrected chi connectivity index (χ4v) is 3.71. The third-order valence-corrected chi connectivity index (χ3v) is 5.17. The predicted octanol–water partition coefficient (Wildman–Crippen LogP) is 5.98. The summed E-state index contributed by atoms with van der Waals surface area (Å²) in [6.45, 7) is 14.9. The Morgan fingerprint density at radius 1 is 0.964 bits per heavy atom. The van der Waals surface area contributed by atoms with Crippen molar-refractivity contribution in [2.24, 2.45) is 0 Å². The molecule has 1 aliphatic heterocycles. The topological polar surface area (TPSA) is 51.1 Å². The third-order valence-electron chi connectivity index (χ3n) is 5.17. The van der Waals surface area contributed by atoms with Gasteiger partial charge in [0.05, 0.1) is 11.9 Å². The van der Waals surface area contributed by atoms with Gasteiger partial charge in [-0.3, -0.25) is 4.90 Å².